The van der Waals surface area contributed by atoms with Gasteiger partial charge in [-0.1, -0.05) is 49.1 Å². The first-order valence-electron chi connectivity index (χ1n) is 6.63. The number of rotatable bonds is 3. The minimum atomic E-state index is 0. The molecule has 1 N–H and O–H groups in total. The maximum Gasteiger partial charge on any atom is 2.00 e. The zero-order valence-corrected chi connectivity index (χ0v) is 16.0. The van der Waals surface area contributed by atoms with Crippen LogP contribution in [0.25, 0.3) is 11.3 Å². The van der Waals surface area contributed by atoms with Gasteiger partial charge in [-0.25, -0.2) is 0 Å². The summed E-state index contributed by atoms with van der Waals surface area (Å²) in [5, 5.41) is 0. The minimum Gasteiger partial charge on any atom is -0.677 e. The van der Waals surface area contributed by atoms with Crippen molar-refractivity contribution in [3.63, 3.8) is 0 Å². The summed E-state index contributed by atoms with van der Waals surface area (Å²) in [5.41, 5.74) is 11.8. The van der Waals surface area contributed by atoms with Gasteiger partial charge >= 0.3 is 21.7 Å². The van der Waals surface area contributed by atoms with Gasteiger partial charge in [-0.15, -0.1) is 42.5 Å². The Kier molecular flexibility index (Phi) is 18.1. The van der Waals surface area contributed by atoms with Crippen LogP contribution in [0.4, 0.5) is 0 Å². The summed E-state index contributed by atoms with van der Waals surface area (Å²) in [6.45, 7) is 8.88. The molecule has 0 spiro atoms. The van der Waals surface area contributed by atoms with Gasteiger partial charge in [0.05, 0.1) is 0 Å². The normalized spacial score (nSPS) is 11.6. The number of nitrogens with one attached hydrogen (secondary N) is 1. The molecular formula is C17H25Cl2NTi. The van der Waals surface area contributed by atoms with Crippen molar-refractivity contribution in [3.8, 4) is 0 Å². The Morgan fingerprint density at radius 3 is 2.19 bits per heavy atom. The molecule has 116 valence electrons. The summed E-state index contributed by atoms with van der Waals surface area (Å²) in [5.74, 6) is 0. The molecule has 1 aromatic carbocycles. The molecule has 0 radical (unpaired) electrons. The standard InChI is InChI=1S/C13H13.C4H10N.2ClH.Ti/c1-10-6-3-4-8-12(10)13-9-5-7-11(13)2;1-2-3-4-5;;;/h3-8H,1,9H2,2H3;5H,2-4H2,1H3;2*1H;/q2*-1;;;+2. The van der Waals surface area contributed by atoms with E-state index in [2.05, 4.69) is 51.1 Å². The SMILES string of the molecule is CCCC[NH-].Cl.Cl.[CH2-]c1ccccc1C1=C(C)C=CC1.[Ti+2]. The largest absolute Gasteiger partial charge is 2.00 e. The van der Waals surface area contributed by atoms with Crippen LogP contribution in [-0.4, -0.2) is 6.54 Å². The maximum absolute atomic E-state index is 6.60. The number of unbranched alkanes of at least 4 members (excludes halogenated alkanes) is 1. The molecule has 1 aromatic rings. The zero-order chi connectivity index (χ0) is 13.4. The van der Waals surface area contributed by atoms with Crippen LogP contribution in [0.3, 0.4) is 0 Å². The molecule has 0 amide bonds. The van der Waals surface area contributed by atoms with Crippen LogP contribution < -0.4 is 0 Å². The number of allylic oxidation sites excluding steroid dienone is 4. The van der Waals surface area contributed by atoms with Crippen molar-refractivity contribution in [3.05, 3.63) is 65.8 Å². The molecule has 0 bridgehead atoms. The molecule has 0 fully saturated rings. The number of halogens is 2. The van der Waals surface area contributed by atoms with Crippen LogP contribution >= 0.6 is 24.8 Å². The van der Waals surface area contributed by atoms with Gasteiger partial charge in [-0.2, -0.15) is 25.1 Å². The molecule has 0 aliphatic heterocycles. The summed E-state index contributed by atoms with van der Waals surface area (Å²) >= 11 is 0. The second-order valence-corrected chi connectivity index (χ2v) is 4.53. The van der Waals surface area contributed by atoms with E-state index in [1.165, 1.54) is 16.7 Å². The molecule has 0 saturated carbocycles. The molecule has 0 unspecified atom stereocenters. The van der Waals surface area contributed by atoms with Gasteiger partial charge in [0.2, 0.25) is 0 Å². The second kappa shape index (κ2) is 14.7. The Bertz CT molecular complexity index is 440. The van der Waals surface area contributed by atoms with Gasteiger partial charge < -0.3 is 5.73 Å². The fourth-order valence-corrected chi connectivity index (χ4v) is 1.93. The van der Waals surface area contributed by atoms with Gasteiger partial charge in [0.25, 0.3) is 0 Å². The predicted octanol–water partition coefficient (Wildman–Crippen LogP) is 6.28. The average Bonchev–Trinajstić information content (AvgIpc) is 2.78. The molecule has 2 rings (SSSR count). The van der Waals surface area contributed by atoms with Gasteiger partial charge in [0.1, 0.15) is 0 Å². The summed E-state index contributed by atoms with van der Waals surface area (Å²) in [6, 6.07) is 8.31. The molecule has 1 nitrogen and oxygen atoms in total. The quantitative estimate of drug-likeness (QED) is 0.446. The minimum absolute atomic E-state index is 0. The number of benzene rings is 1. The molecule has 21 heavy (non-hydrogen) atoms. The number of hydrogen-bond acceptors (Lipinski definition) is 0. The first kappa shape index (κ1) is 25.8. The first-order chi connectivity index (χ1) is 8.70. The van der Waals surface area contributed by atoms with E-state index in [1.54, 1.807) is 0 Å². The Hall–Kier alpha value is -0.176. The maximum atomic E-state index is 6.60. The fraction of sp³-hybridized carbons (Fsp3) is 0.353. The topological polar surface area (TPSA) is 23.8 Å². The van der Waals surface area contributed by atoms with E-state index in [4.69, 9.17) is 5.73 Å². The second-order valence-electron chi connectivity index (χ2n) is 4.53. The molecule has 0 saturated heterocycles. The smallest absolute Gasteiger partial charge is 0.677 e. The van der Waals surface area contributed by atoms with Crippen LogP contribution in [0, 0.1) is 6.92 Å². The van der Waals surface area contributed by atoms with Crippen molar-refractivity contribution in [2.45, 2.75) is 33.1 Å². The third-order valence-electron chi connectivity index (χ3n) is 3.04. The average molecular weight is 362 g/mol. The van der Waals surface area contributed by atoms with Crippen molar-refractivity contribution in [1.29, 1.82) is 0 Å². The van der Waals surface area contributed by atoms with E-state index in [9.17, 15) is 0 Å². The van der Waals surface area contributed by atoms with E-state index in [-0.39, 0.29) is 46.5 Å². The Labute approximate surface area is 157 Å². The fourth-order valence-electron chi connectivity index (χ4n) is 1.93. The third kappa shape index (κ3) is 8.75. The monoisotopic (exact) mass is 361 g/mol. The third-order valence-corrected chi connectivity index (χ3v) is 3.04. The Morgan fingerprint density at radius 1 is 1.19 bits per heavy atom. The summed E-state index contributed by atoms with van der Waals surface area (Å²) in [7, 11) is 0. The van der Waals surface area contributed by atoms with Gasteiger partial charge in [-0.05, 0) is 13.3 Å². The van der Waals surface area contributed by atoms with E-state index >= 15 is 0 Å². The summed E-state index contributed by atoms with van der Waals surface area (Å²) in [4.78, 5) is 0. The Morgan fingerprint density at radius 2 is 1.81 bits per heavy atom. The van der Waals surface area contributed by atoms with E-state index in [0.29, 0.717) is 6.54 Å². The van der Waals surface area contributed by atoms with Crippen molar-refractivity contribution >= 4 is 30.4 Å². The van der Waals surface area contributed by atoms with Crippen molar-refractivity contribution in [2.75, 3.05) is 6.54 Å². The molecule has 0 aromatic heterocycles. The van der Waals surface area contributed by atoms with Gasteiger partial charge in [0, 0.05) is 0 Å². The van der Waals surface area contributed by atoms with E-state index < -0.39 is 0 Å². The molecule has 1 aliphatic rings. The molecule has 0 heterocycles. The molecular weight excluding hydrogens is 337 g/mol. The predicted molar refractivity (Wildman–Crippen MR) is 95.8 cm³/mol. The molecule has 4 heteroatoms. The summed E-state index contributed by atoms with van der Waals surface area (Å²) < 4.78 is 0. The van der Waals surface area contributed by atoms with Crippen LogP contribution in [0.15, 0.2) is 42.0 Å². The van der Waals surface area contributed by atoms with Crippen LogP contribution in [0.1, 0.15) is 44.2 Å². The van der Waals surface area contributed by atoms with Crippen molar-refractivity contribution < 1.29 is 21.7 Å². The van der Waals surface area contributed by atoms with E-state index in [1.807, 2.05) is 6.07 Å². The van der Waals surface area contributed by atoms with Crippen LogP contribution in [-0.2, 0) is 21.7 Å². The van der Waals surface area contributed by atoms with Crippen LogP contribution in [0.2, 0.25) is 0 Å². The van der Waals surface area contributed by atoms with Crippen molar-refractivity contribution in [2.24, 2.45) is 0 Å². The molecule has 0 atom stereocenters. The Balaban J connectivity index is -0.000000360. The summed E-state index contributed by atoms with van der Waals surface area (Å²) in [6.07, 6.45) is 7.65. The van der Waals surface area contributed by atoms with Crippen LogP contribution in [0.5, 0.6) is 0 Å². The van der Waals surface area contributed by atoms with Gasteiger partial charge in [-0.3, -0.25) is 0 Å². The molecule has 1 aliphatic carbocycles. The number of hydrogen-bond donors (Lipinski definition) is 0. The van der Waals surface area contributed by atoms with Gasteiger partial charge in [0.15, 0.2) is 0 Å². The first-order valence-corrected chi connectivity index (χ1v) is 6.63. The van der Waals surface area contributed by atoms with Crippen molar-refractivity contribution in [1.82, 2.24) is 0 Å². The van der Waals surface area contributed by atoms with E-state index in [0.717, 1.165) is 24.8 Å². The zero-order valence-electron chi connectivity index (χ0n) is 12.8.